The normalized spacial score (nSPS) is 13.0. The number of sulfonamides is 1. The van der Waals surface area contributed by atoms with Gasteiger partial charge in [0.25, 0.3) is 0 Å². The van der Waals surface area contributed by atoms with Crippen LogP contribution in [-0.4, -0.2) is 26.3 Å². The minimum absolute atomic E-state index is 0.0873. The van der Waals surface area contributed by atoms with Crippen LogP contribution in [0.4, 0.5) is 5.69 Å². The second-order valence-corrected chi connectivity index (χ2v) is 7.81. The van der Waals surface area contributed by atoms with Crippen molar-refractivity contribution in [2.45, 2.75) is 32.6 Å². The molecule has 0 aromatic heterocycles. The van der Waals surface area contributed by atoms with Gasteiger partial charge in [-0.2, -0.15) is 0 Å². The largest absolute Gasteiger partial charge is 0.398 e. The number of nitrogens with zero attached hydrogens (tertiary/aromatic N) is 1. The fourth-order valence-electron chi connectivity index (χ4n) is 1.83. The van der Waals surface area contributed by atoms with Crippen molar-refractivity contribution in [3.05, 3.63) is 23.8 Å². The first kappa shape index (κ1) is 15.0. The third kappa shape index (κ3) is 3.23. The van der Waals surface area contributed by atoms with E-state index in [0.29, 0.717) is 17.8 Å². The van der Waals surface area contributed by atoms with Crippen LogP contribution in [-0.2, 0) is 10.0 Å². The summed E-state index contributed by atoms with van der Waals surface area (Å²) in [7, 11) is -1.87. The lowest BCUT2D eigenvalue weighted by atomic mass is 9.97. The quantitative estimate of drug-likeness (QED) is 0.857. The number of nitrogens with two attached hydrogens (primary N) is 1. The van der Waals surface area contributed by atoms with Gasteiger partial charge in [0.05, 0.1) is 4.90 Å². The molecule has 0 saturated carbocycles. The van der Waals surface area contributed by atoms with Crippen LogP contribution in [0.1, 0.15) is 26.3 Å². The second-order valence-electron chi connectivity index (χ2n) is 5.79. The van der Waals surface area contributed by atoms with Gasteiger partial charge in [0.1, 0.15) is 0 Å². The van der Waals surface area contributed by atoms with Crippen LogP contribution in [0.5, 0.6) is 0 Å². The van der Waals surface area contributed by atoms with Gasteiger partial charge < -0.3 is 5.73 Å². The molecule has 102 valence electrons. The van der Waals surface area contributed by atoms with Crippen molar-refractivity contribution in [1.29, 1.82) is 0 Å². The molecular weight excluding hydrogens is 248 g/mol. The summed E-state index contributed by atoms with van der Waals surface area (Å²) in [5.74, 6) is 0. The maximum atomic E-state index is 12.5. The highest BCUT2D eigenvalue weighted by atomic mass is 32.2. The van der Waals surface area contributed by atoms with Gasteiger partial charge in [0.2, 0.25) is 10.0 Å². The monoisotopic (exact) mass is 270 g/mol. The molecule has 0 radical (unpaired) electrons. The van der Waals surface area contributed by atoms with Crippen molar-refractivity contribution >= 4 is 15.7 Å². The highest BCUT2D eigenvalue weighted by Gasteiger charge is 2.26. The Hall–Kier alpha value is -1.07. The molecule has 0 amide bonds. The molecule has 0 spiro atoms. The Morgan fingerprint density at radius 2 is 1.83 bits per heavy atom. The van der Waals surface area contributed by atoms with Crippen molar-refractivity contribution in [2.75, 3.05) is 19.3 Å². The molecule has 0 aliphatic heterocycles. The Morgan fingerprint density at radius 3 is 2.33 bits per heavy atom. The van der Waals surface area contributed by atoms with Gasteiger partial charge in [0.15, 0.2) is 0 Å². The molecule has 2 N–H and O–H groups in total. The van der Waals surface area contributed by atoms with Gasteiger partial charge in [-0.05, 0) is 30.0 Å². The first-order valence-electron chi connectivity index (χ1n) is 5.87. The van der Waals surface area contributed by atoms with Crippen LogP contribution >= 0.6 is 0 Å². The smallest absolute Gasteiger partial charge is 0.243 e. The SMILES string of the molecule is Cc1c(N)cccc1S(=O)(=O)N(C)CC(C)(C)C. The maximum Gasteiger partial charge on any atom is 0.243 e. The minimum atomic E-state index is -3.47. The summed E-state index contributed by atoms with van der Waals surface area (Å²) < 4.78 is 26.3. The van der Waals surface area contributed by atoms with E-state index >= 15 is 0 Å². The molecule has 5 heteroatoms. The van der Waals surface area contributed by atoms with Gasteiger partial charge >= 0.3 is 0 Å². The van der Waals surface area contributed by atoms with Crippen LogP contribution < -0.4 is 5.73 Å². The summed E-state index contributed by atoms with van der Waals surface area (Å²) >= 11 is 0. The molecule has 0 heterocycles. The lowest BCUT2D eigenvalue weighted by Crippen LogP contribution is -2.34. The summed E-state index contributed by atoms with van der Waals surface area (Å²) in [5.41, 5.74) is 6.78. The molecule has 0 aliphatic carbocycles. The van der Waals surface area contributed by atoms with Crippen molar-refractivity contribution in [3.8, 4) is 0 Å². The topological polar surface area (TPSA) is 63.4 Å². The van der Waals surface area contributed by atoms with Crippen LogP contribution in [0.25, 0.3) is 0 Å². The van der Waals surface area contributed by atoms with E-state index in [1.54, 1.807) is 32.2 Å². The van der Waals surface area contributed by atoms with Crippen molar-refractivity contribution in [2.24, 2.45) is 5.41 Å². The van der Waals surface area contributed by atoms with E-state index in [2.05, 4.69) is 0 Å². The molecule has 4 nitrogen and oxygen atoms in total. The summed E-state index contributed by atoms with van der Waals surface area (Å²) in [4.78, 5) is 0.286. The lowest BCUT2D eigenvalue weighted by Gasteiger charge is -2.26. The summed E-state index contributed by atoms with van der Waals surface area (Å²) in [6, 6.07) is 4.97. The predicted octanol–water partition coefficient (Wildman–Crippen LogP) is 2.24. The van der Waals surface area contributed by atoms with Crippen LogP contribution in [0.3, 0.4) is 0 Å². The zero-order chi connectivity index (χ0) is 14.1. The Balaban J connectivity index is 3.18. The van der Waals surface area contributed by atoms with Crippen LogP contribution in [0.2, 0.25) is 0 Å². The third-order valence-corrected chi connectivity index (χ3v) is 4.66. The minimum Gasteiger partial charge on any atom is -0.398 e. The molecule has 0 fully saturated rings. The number of anilines is 1. The predicted molar refractivity (Wildman–Crippen MR) is 74.9 cm³/mol. The standard InChI is InChI=1S/C13H22N2O2S/c1-10-11(14)7-6-8-12(10)18(16,17)15(5)9-13(2,3)4/h6-8H,9,14H2,1-5H3. The Bertz CT molecular complexity index is 530. The van der Waals surface area contributed by atoms with Crippen molar-refractivity contribution in [1.82, 2.24) is 4.31 Å². The van der Waals surface area contributed by atoms with E-state index in [9.17, 15) is 8.42 Å². The molecule has 1 rings (SSSR count). The van der Waals surface area contributed by atoms with Crippen molar-refractivity contribution in [3.63, 3.8) is 0 Å². The molecule has 0 unspecified atom stereocenters. The number of rotatable bonds is 3. The first-order valence-corrected chi connectivity index (χ1v) is 7.31. The van der Waals surface area contributed by atoms with Crippen LogP contribution in [0, 0.1) is 12.3 Å². The van der Waals surface area contributed by atoms with Gasteiger partial charge in [-0.15, -0.1) is 0 Å². The van der Waals surface area contributed by atoms with E-state index in [1.165, 1.54) is 4.31 Å². The molecule has 1 aromatic rings. The summed E-state index contributed by atoms with van der Waals surface area (Å²) in [5, 5.41) is 0. The van der Waals surface area contributed by atoms with E-state index < -0.39 is 10.0 Å². The van der Waals surface area contributed by atoms with Gasteiger partial charge in [-0.3, -0.25) is 0 Å². The second kappa shape index (κ2) is 4.90. The summed E-state index contributed by atoms with van der Waals surface area (Å²) in [6.45, 7) is 8.21. The van der Waals surface area contributed by atoms with E-state index in [4.69, 9.17) is 5.73 Å². The number of benzene rings is 1. The average Bonchev–Trinajstić information content (AvgIpc) is 2.19. The zero-order valence-electron chi connectivity index (χ0n) is 11.7. The fraction of sp³-hybridized carbons (Fsp3) is 0.538. The average molecular weight is 270 g/mol. The first-order chi connectivity index (χ1) is 8.05. The maximum absolute atomic E-state index is 12.5. The lowest BCUT2D eigenvalue weighted by molar-refractivity contribution is 0.310. The van der Waals surface area contributed by atoms with E-state index in [-0.39, 0.29) is 10.3 Å². The molecule has 0 bridgehead atoms. The molecular formula is C13H22N2O2S. The van der Waals surface area contributed by atoms with Gasteiger partial charge in [-0.25, -0.2) is 12.7 Å². The molecule has 1 aromatic carbocycles. The zero-order valence-corrected chi connectivity index (χ0v) is 12.5. The summed E-state index contributed by atoms with van der Waals surface area (Å²) in [6.07, 6.45) is 0. The highest BCUT2D eigenvalue weighted by molar-refractivity contribution is 7.89. The molecule has 0 aliphatic rings. The van der Waals surface area contributed by atoms with Gasteiger partial charge in [0, 0.05) is 19.3 Å². The fourth-order valence-corrected chi connectivity index (χ4v) is 3.48. The molecule has 0 saturated heterocycles. The number of hydrogen-bond donors (Lipinski definition) is 1. The van der Waals surface area contributed by atoms with Crippen LogP contribution in [0.15, 0.2) is 23.1 Å². The highest BCUT2D eigenvalue weighted by Crippen LogP contribution is 2.25. The Labute approximate surface area is 110 Å². The number of nitrogen functional groups attached to an aromatic ring is 1. The van der Waals surface area contributed by atoms with E-state index in [1.807, 2.05) is 20.8 Å². The Kier molecular flexibility index (Phi) is 4.08. The Morgan fingerprint density at radius 1 is 1.28 bits per heavy atom. The molecule has 18 heavy (non-hydrogen) atoms. The van der Waals surface area contributed by atoms with Gasteiger partial charge in [-0.1, -0.05) is 26.8 Å². The molecule has 0 atom stereocenters. The van der Waals surface area contributed by atoms with Crippen molar-refractivity contribution < 1.29 is 8.42 Å². The number of hydrogen-bond acceptors (Lipinski definition) is 3. The third-order valence-electron chi connectivity index (χ3n) is 2.71. The van der Waals surface area contributed by atoms with E-state index in [0.717, 1.165) is 0 Å².